The number of aliphatic hydroxyl groups is 1. The second-order valence-electron chi connectivity index (χ2n) is 7.01. The second-order valence-corrected chi connectivity index (χ2v) is 7.01. The van der Waals surface area contributed by atoms with Crippen molar-refractivity contribution in [2.24, 2.45) is 0 Å². The lowest BCUT2D eigenvalue weighted by molar-refractivity contribution is 0.103. The number of fused-ring (bicyclic) bond motifs is 1. The first-order chi connectivity index (χ1) is 13.2. The Hall–Kier alpha value is -2.30. The van der Waals surface area contributed by atoms with Gasteiger partial charge < -0.3 is 19.9 Å². The Bertz CT molecular complexity index is 717. The Morgan fingerprint density at radius 2 is 1.96 bits per heavy atom. The molecule has 4 nitrogen and oxygen atoms in total. The molecule has 1 aliphatic rings. The molecule has 0 amide bonds. The van der Waals surface area contributed by atoms with E-state index in [4.69, 9.17) is 9.47 Å². The van der Waals surface area contributed by atoms with E-state index in [2.05, 4.69) is 24.0 Å². The summed E-state index contributed by atoms with van der Waals surface area (Å²) in [7, 11) is 0. The van der Waals surface area contributed by atoms with Crippen LogP contribution in [0, 0.1) is 0 Å². The highest BCUT2D eigenvalue weighted by Gasteiger charge is 2.18. The topological polar surface area (TPSA) is 50.7 Å². The molecule has 0 radical (unpaired) electrons. The molecule has 0 saturated carbocycles. The van der Waals surface area contributed by atoms with Crippen molar-refractivity contribution in [3.05, 3.63) is 72.3 Å². The van der Waals surface area contributed by atoms with Gasteiger partial charge in [0, 0.05) is 12.6 Å². The summed E-state index contributed by atoms with van der Waals surface area (Å²) in [4.78, 5) is 0. The number of hydrogen-bond donors (Lipinski definition) is 2. The van der Waals surface area contributed by atoms with Crippen LogP contribution in [0.1, 0.15) is 24.0 Å². The van der Waals surface area contributed by atoms with Crippen molar-refractivity contribution in [3.8, 4) is 11.5 Å². The molecule has 0 aliphatic heterocycles. The number of ether oxygens (including phenoxy) is 2. The number of hydrogen-bond acceptors (Lipinski definition) is 4. The molecule has 1 unspecified atom stereocenters. The summed E-state index contributed by atoms with van der Waals surface area (Å²) in [5.41, 5.74) is 2.74. The van der Waals surface area contributed by atoms with Crippen molar-refractivity contribution < 1.29 is 14.6 Å². The number of para-hydroxylation sites is 1. The number of aliphatic hydroxyl groups excluding tert-OH is 1. The molecule has 2 aromatic rings. The Kier molecular flexibility index (Phi) is 7.31. The molecule has 0 spiro atoms. The third-order valence-corrected chi connectivity index (χ3v) is 4.84. The molecule has 0 heterocycles. The largest absolute Gasteiger partial charge is 0.491 e. The van der Waals surface area contributed by atoms with Gasteiger partial charge >= 0.3 is 0 Å². The zero-order valence-electron chi connectivity index (χ0n) is 15.8. The quantitative estimate of drug-likeness (QED) is 0.526. The Morgan fingerprint density at radius 1 is 1.11 bits per heavy atom. The van der Waals surface area contributed by atoms with Gasteiger partial charge in [-0.05, 0) is 61.1 Å². The maximum absolute atomic E-state index is 10.2. The van der Waals surface area contributed by atoms with Crippen LogP contribution in [-0.4, -0.2) is 37.0 Å². The Labute approximate surface area is 161 Å². The van der Waals surface area contributed by atoms with Crippen molar-refractivity contribution in [3.63, 3.8) is 0 Å². The summed E-state index contributed by atoms with van der Waals surface area (Å²) in [6.07, 6.45) is 5.52. The molecular weight excluding hydrogens is 338 g/mol. The summed E-state index contributed by atoms with van der Waals surface area (Å²) in [5.74, 6) is 1.68. The van der Waals surface area contributed by atoms with E-state index in [0.29, 0.717) is 25.8 Å². The second kappa shape index (κ2) is 10.1. The van der Waals surface area contributed by atoms with Crippen LogP contribution in [0.15, 0.2) is 61.2 Å². The van der Waals surface area contributed by atoms with Gasteiger partial charge in [0.25, 0.3) is 0 Å². The molecule has 0 saturated heterocycles. The van der Waals surface area contributed by atoms with Crippen molar-refractivity contribution >= 4 is 0 Å². The van der Waals surface area contributed by atoms with E-state index >= 15 is 0 Å². The summed E-state index contributed by atoms with van der Waals surface area (Å²) in [6.45, 7) is 5.04. The fourth-order valence-corrected chi connectivity index (χ4v) is 3.43. The summed E-state index contributed by atoms with van der Waals surface area (Å²) >= 11 is 0. The predicted octanol–water partition coefficient (Wildman–Crippen LogP) is 3.53. The molecule has 3 rings (SSSR count). The lowest BCUT2D eigenvalue weighted by Gasteiger charge is -2.20. The van der Waals surface area contributed by atoms with E-state index in [-0.39, 0.29) is 0 Å². The SMILES string of the molecule is C=CCOc1ccc2c(c1)CC(NC[C@H](O)COc1ccccc1)CCC2. The van der Waals surface area contributed by atoms with Gasteiger partial charge in [0.1, 0.15) is 30.8 Å². The van der Waals surface area contributed by atoms with Crippen LogP contribution in [0.4, 0.5) is 0 Å². The maximum Gasteiger partial charge on any atom is 0.120 e. The Balaban J connectivity index is 1.49. The van der Waals surface area contributed by atoms with Crippen LogP contribution < -0.4 is 14.8 Å². The highest BCUT2D eigenvalue weighted by molar-refractivity contribution is 5.37. The van der Waals surface area contributed by atoms with E-state index in [0.717, 1.165) is 37.2 Å². The van der Waals surface area contributed by atoms with Crippen molar-refractivity contribution in [2.75, 3.05) is 19.8 Å². The number of nitrogens with one attached hydrogen (secondary N) is 1. The fourth-order valence-electron chi connectivity index (χ4n) is 3.43. The fraction of sp³-hybridized carbons (Fsp3) is 0.391. The average Bonchev–Trinajstić information content (AvgIpc) is 2.91. The van der Waals surface area contributed by atoms with E-state index in [1.54, 1.807) is 6.08 Å². The van der Waals surface area contributed by atoms with Gasteiger partial charge in [-0.3, -0.25) is 0 Å². The summed E-state index contributed by atoms with van der Waals surface area (Å²) in [6, 6.07) is 16.3. The molecule has 2 N–H and O–H groups in total. The molecule has 0 fully saturated rings. The van der Waals surface area contributed by atoms with Crippen LogP contribution in [0.25, 0.3) is 0 Å². The van der Waals surface area contributed by atoms with E-state index in [1.807, 2.05) is 36.4 Å². The first kappa shape index (κ1) is 19.5. The first-order valence-corrected chi connectivity index (χ1v) is 9.69. The first-order valence-electron chi connectivity index (χ1n) is 9.69. The van der Waals surface area contributed by atoms with Gasteiger partial charge in [0.05, 0.1) is 0 Å². The van der Waals surface area contributed by atoms with E-state index in [1.165, 1.54) is 11.1 Å². The highest BCUT2D eigenvalue weighted by atomic mass is 16.5. The van der Waals surface area contributed by atoms with Crippen LogP contribution in [0.5, 0.6) is 11.5 Å². The van der Waals surface area contributed by atoms with Crippen LogP contribution >= 0.6 is 0 Å². The molecule has 2 atom stereocenters. The number of benzene rings is 2. The lowest BCUT2D eigenvalue weighted by Crippen LogP contribution is -2.39. The Morgan fingerprint density at radius 3 is 2.78 bits per heavy atom. The number of rotatable bonds is 9. The lowest BCUT2D eigenvalue weighted by atomic mass is 10.0. The van der Waals surface area contributed by atoms with Crippen molar-refractivity contribution in [2.45, 2.75) is 37.8 Å². The highest BCUT2D eigenvalue weighted by Crippen LogP contribution is 2.25. The minimum Gasteiger partial charge on any atom is -0.491 e. The maximum atomic E-state index is 10.2. The average molecular weight is 367 g/mol. The van der Waals surface area contributed by atoms with Crippen LogP contribution in [0.3, 0.4) is 0 Å². The minimum atomic E-state index is -0.532. The molecule has 144 valence electrons. The van der Waals surface area contributed by atoms with Gasteiger partial charge in [-0.1, -0.05) is 36.9 Å². The van der Waals surface area contributed by atoms with Gasteiger partial charge in [-0.25, -0.2) is 0 Å². The molecule has 1 aliphatic carbocycles. The van der Waals surface area contributed by atoms with E-state index in [9.17, 15) is 5.11 Å². The molecule has 4 heteroatoms. The molecule has 2 aromatic carbocycles. The van der Waals surface area contributed by atoms with Crippen LogP contribution in [-0.2, 0) is 12.8 Å². The molecule has 0 aromatic heterocycles. The third kappa shape index (κ3) is 6.12. The predicted molar refractivity (Wildman–Crippen MR) is 109 cm³/mol. The minimum absolute atomic E-state index is 0.292. The molecule has 0 bridgehead atoms. The summed E-state index contributed by atoms with van der Waals surface area (Å²) in [5, 5.41) is 13.7. The molecule has 27 heavy (non-hydrogen) atoms. The van der Waals surface area contributed by atoms with E-state index < -0.39 is 6.10 Å². The van der Waals surface area contributed by atoms with Gasteiger partial charge in [0.15, 0.2) is 0 Å². The number of aryl methyl sites for hydroxylation is 1. The van der Waals surface area contributed by atoms with Crippen molar-refractivity contribution in [1.82, 2.24) is 5.32 Å². The van der Waals surface area contributed by atoms with Gasteiger partial charge in [0.2, 0.25) is 0 Å². The smallest absolute Gasteiger partial charge is 0.120 e. The van der Waals surface area contributed by atoms with Crippen LogP contribution in [0.2, 0.25) is 0 Å². The monoisotopic (exact) mass is 367 g/mol. The van der Waals surface area contributed by atoms with Gasteiger partial charge in [-0.15, -0.1) is 0 Å². The zero-order valence-corrected chi connectivity index (χ0v) is 15.8. The standard InChI is InChI=1S/C23H29NO3/c1-2-13-26-23-12-11-18-7-6-8-20(14-19(18)15-23)24-16-21(25)17-27-22-9-4-3-5-10-22/h2-5,9-12,15,20-21,24-25H,1,6-8,13-14,16-17H2/t20?,21-/m0/s1. The normalized spacial score (nSPS) is 17.4. The zero-order chi connectivity index (χ0) is 18.9. The molecular formula is C23H29NO3. The van der Waals surface area contributed by atoms with Crippen molar-refractivity contribution in [1.29, 1.82) is 0 Å². The summed E-state index contributed by atoms with van der Waals surface area (Å²) < 4.78 is 11.3. The van der Waals surface area contributed by atoms with Gasteiger partial charge in [-0.2, -0.15) is 0 Å². The third-order valence-electron chi connectivity index (χ3n) is 4.84.